The van der Waals surface area contributed by atoms with Gasteiger partial charge >= 0.3 is 0 Å². The van der Waals surface area contributed by atoms with Gasteiger partial charge in [-0.1, -0.05) is 12.5 Å². The third kappa shape index (κ3) is 4.56. The molecular weight excluding hydrogens is 419 g/mol. The van der Waals surface area contributed by atoms with Gasteiger partial charge in [-0.05, 0) is 31.9 Å². The van der Waals surface area contributed by atoms with Gasteiger partial charge < -0.3 is 15.7 Å². The van der Waals surface area contributed by atoms with E-state index in [-0.39, 0.29) is 30.1 Å². The van der Waals surface area contributed by atoms with E-state index in [0.717, 1.165) is 49.8 Å². The van der Waals surface area contributed by atoms with E-state index in [1.807, 2.05) is 35.7 Å². The zero-order valence-electron chi connectivity index (χ0n) is 13.9. The second kappa shape index (κ2) is 9.16. The normalized spacial score (nSPS) is 20.8. The van der Waals surface area contributed by atoms with Gasteiger partial charge in [-0.2, -0.15) is 0 Å². The zero-order chi connectivity index (χ0) is 16.1. The molecule has 0 amide bonds. The molecule has 1 aliphatic rings. The quantitative estimate of drug-likeness (QED) is 0.370. The van der Waals surface area contributed by atoms with Crippen molar-refractivity contribution in [1.82, 2.24) is 25.2 Å². The minimum atomic E-state index is -0.189. The lowest BCUT2D eigenvalue weighted by Crippen LogP contribution is -2.41. The molecule has 0 bridgehead atoms. The maximum Gasteiger partial charge on any atom is 0.191 e. The Morgan fingerprint density at radius 2 is 2.21 bits per heavy atom. The molecule has 2 aromatic heterocycles. The number of rotatable bonds is 5. The van der Waals surface area contributed by atoms with E-state index in [4.69, 9.17) is 0 Å². The third-order valence-corrected chi connectivity index (χ3v) is 4.26. The first-order chi connectivity index (χ1) is 11.3. The van der Waals surface area contributed by atoms with Crippen molar-refractivity contribution in [3.05, 3.63) is 30.2 Å². The Hall–Kier alpha value is -1.42. The summed E-state index contributed by atoms with van der Waals surface area (Å²) in [7, 11) is 0. The van der Waals surface area contributed by atoms with E-state index in [0.29, 0.717) is 12.5 Å². The maximum atomic E-state index is 9.91. The number of halogens is 1. The summed E-state index contributed by atoms with van der Waals surface area (Å²) >= 11 is 0. The lowest BCUT2D eigenvalue weighted by Gasteiger charge is -2.17. The molecule has 24 heavy (non-hydrogen) atoms. The Kier molecular flexibility index (Phi) is 7.22. The monoisotopic (exact) mass is 444 g/mol. The number of hydrogen-bond acceptors (Lipinski definition) is 4. The van der Waals surface area contributed by atoms with E-state index < -0.39 is 0 Å². The standard InChI is InChI=1S/C16H24N6O.HI/c1-2-17-16(18-10-12-6-5-7-13(12)23)19-11-15-21-20-14-8-3-4-9-22(14)15;/h3-4,8-9,12-13,23H,2,5-7,10-11H2,1H3,(H2,17,18,19);1H. The van der Waals surface area contributed by atoms with Gasteiger partial charge in [0.15, 0.2) is 17.4 Å². The fourth-order valence-electron chi connectivity index (χ4n) is 2.97. The number of hydrogen-bond donors (Lipinski definition) is 3. The van der Waals surface area contributed by atoms with Crippen LogP contribution in [0.15, 0.2) is 29.4 Å². The summed E-state index contributed by atoms with van der Waals surface area (Å²) in [6, 6.07) is 5.81. The van der Waals surface area contributed by atoms with Crippen molar-refractivity contribution in [2.75, 3.05) is 13.1 Å². The Morgan fingerprint density at radius 3 is 2.96 bits per heavy atom. The summed E-state index contributed by atoms with van der Waals surface area (Å²) in [4.78, 5) is 4.58. The number of nitrogens with zero attached hydrogens (tertiary/aromatic N) is 4. The summed E-state index contributed by atoms with van der Waals surface area (Å²) in [5.74, 6) is 1.87. The molecule has 2 heterocycles. The van der Waals surface area contributed by atoms with E-state index >= 15 is 0 Å². The van der Waals surface area contributed by atoms with Crippen molar-refractivity contribution in [1.29, 1.82) is 0 Å². The van der Waals surface area contributed by atoms with Crippen LogP contribution in [0.1, 0.15) is 32.0 Å². The lowest BCUT2D eigenvalue weighted by molar-refractivity contribution is 0.134. The Bertz CT molecular complexity index is 673. The largest absolute Gasteiger partial charge is 0.393 e. The van der Waals surface area contributed by atoms with E-state index in [1.165, 1.54) is 0 Å². The second-order valence-electron chi connectivity index (χ2n) is 5.88. The minimum Gasteiger partial charge on any atom is -0.393 e. The Labute approximate surface area is 159 Å². The van der Waals surface area contributed by atoms with Crippen molar-refractivity contribution in [3.63, 3.8) is 0 Å². The molecule has 0 aromatic carbocycles. The molecule has 8 heteroatoms. The van der Waals surface area contributed by atoms with Crippen LogP contribution in [-0.2, 0) is 6.54 Å². The molecule has 0 aliphatic heterocycles. The number of aliphatic imine (C=N–C) groups is 1. The first kappa shape index (κ1) is 18.9. The summed E-state index contributed by atoms with van der Waals surface area (Å²) in [5.41, 5.74) is 0.824. The highest BCUT2D eigenvalue weighted by Crippen LogP contribution is 2.24. The van der Waals surface area contributed by atoms with Crippen molar-refractivity contribution in [3.8, 4) is 0 Å². The highest BCUT2D eigenvalue weighted by Gasteiger charge is 2.24. The maximum absolute atomic E-state index is 9.91. The van der Waals surface area contributed by atoms with Crippen LogP contribution in [0.25, 0.3) is 5.65 Å². The summed E-state index contributed by atoms with van der Waals surface area (Å²) in [5, 5.41) is 24.8. The van der Waals surface area contributed by atoms with Crippen LogP contribution in [-0.4, -0.2) is 44.9 Å². The Balaban J connectivity index is 0.00000208. The molecule has 0 radical (unpaired) electrons. The van der Waals surface area contributed by atoms with Crippen molar-refractivity contribution in [2.45, 2.75) is 38.8 Å². The van der Waals surface area contributed by atoms with Crippen LogP contribution in [0.4, 0.5) is 0 Å². The van der Waals surface area contributed by atoms with Crippen molar-refractivity contribution in [2.24, 2.45) is 10.9 Å². The highest BCUT2D eigenvalue weighted by molar-refractivity contribution is 14.0. The molecule has 1 saturated carbocycles. The first-order valence-electron chi connectivity index (χ1n) is 8.27. The van der Waals surface area contributed by atoms with Gasteiger partial charge in [-0.25, -0.2) is 4.99 Å². The summed E-state index contributed by atoms with van der Waals surface area (Å²) < 4.78 is 1.94. The molecule has 1 fully saturated rings. The van der Waals surface area contributed by atoms with Crippen molar-refractivity contribution >= 4 is 35.6 Å². The molecule has 0 spiro atoms. The third-order valence-electron chi connectivity index (χ3n) is 4.26. The van der Waals surface area contributed by atoms with Crippen LogP contribution >= 0.6 is 24.0 Å². The SMILES string of the molecule is CCNC(=NCc1nnc2ccccn12)NCC1CCCC1O.I. The molecule has 3 N–H and O–H groups in total. The van der Waals surface area contributed by atoms with Gasteiger partial charge in [0.05, 0.1) is 6.10 Å². The molecule has 7 nitrogen and oxygen atoms in total. The number of aromatic nitrogens is 3. The van der Waals surface area contributed by atoms with Crippen molar-refractivity contribution < 1.29 is 5.11 Å². The van der Waals surface area contributed by atoms with Crippen LogP contribution in [0.5, 0.6) is 0 Å². The second-order valence-corrected chi connectivity index (χ2v) is 5.88. The molecule has 3 rings (SSSR count). The lowest BCUT2D eigenvalue weighted by atomic mass is 10.1. The predicted molar refractivity (Wildman–Crippen MR) is 105 cm³/mol. The van der Waals surface area contributed by atoms with Gasteiger partial charge in [0.25, 0.3) is 0 Å². The number of guanidine groups is 1. The number of aliphatic hydroxyl groups is 1. The Morgan fingerprint density at radius 1 is 1.33 bits per heavy atom. The minimum absolute atomic E-state index is 0. The average molecular weight is 444 g/mol. The van der Waals surface area contributed by atoms with E-state index in [1.54, 1.807) is 0 Å². The van der Waals surface area contributed by atoms with E-state index in [2.05, 4.69) is 25.8 Å². The van der Waals surface area contributed by atoms with E-state index in [9.17, 15) is 5.11 Å². The first-order valence-corrected chi connectivity index (χ1v) is 8.27. The van der Waals surface area contributed by atoms with Crippen LogP contribution in [0, 0.1) is 5.92 Å². The molecule has 132 valence electrons. The summed E-state index contributed by atoms with van der Waals surface area (Å²) in [6.07, 6.45) is 4.84. The van der Waals surface area contributed by atoms with Crippen LogP contribution in [0.2, 0.25) is 0 Å². The van der Waals surface area contributed by atoms with Crippen LogP contribution in [0.3, 0.4) is 0 Å². The highest BCUT2D eigenvalue weighted by atomic mass is 127. The summed E-state index contributed by atoms with van der Waals surface area (Å²) in [6.45, 7) is 4.02. The molecule has 2 aromatic rings. The smallest absolute Gasteiger partial charge is 0.191 e. The van der Waals surface area contributed by atoms with Gasteiger partial charge in [0.1, 0.15) is 6.54 Å². The number of nitrogens with one attached hydrogen (secondary N) is 2. The molecule has 2 unspecified atom stereocenters. The molecule has 1 aliphatic carbocycles. The average Bonchev–Trinajstić information content (AvgIpc) is 3.16. The van der Waals surface area contributed by atoms with Gasteiger partial charge in [-0.15, -0.1) is 34.2 Å². The van der Waals surface area contributed by atoms with Gasteiger partial charge in [-0.3, -0.25) is 4.40 Å². The number of aliphatic hydroxyl groups excluding tert-OH is 1. The van der Waals surface area contributed by atoms with Gasteiger partial charge in [0.2, 0.25) is 0 Å². The molecular formula is C16H25IN6O. The zero-order valence-corrected chi connectivity index (χ0v) is 16.2. The van der Waals surface area contributed by atoms with Crippen LogP contribution < -0.4 is 10.6 Å². The number of pyridine rings is 1. The fraction of sp³-hybridized carbons (Fsp3) is 0.562. The topological polar surface area (TPSA) is 86.8 Å². The molecule has 0 saturated heterocycles. The fourth-order valence-corrected chi connectivity index (χ4v) is 2.97. The predicted octanol–water partition coefficient (Wildman–Crippen LogP) is 1.56. The number of fused-ring (bicyclic) bond motifs is 1. The molecule has 2 atom stereocenters. The van der Waals surface area contributed by atoms with Gasteiger partial charge in [0, 0.05) is 25.2 Å².